The molecule has 14 heteroatoms. The molecule has 0 aromatic rings. The topological polar surface area (TPSA) is 55.4 Å². The fraction of sp³-hybridized carbons (Fsp3) is 1.00. The second-order valence-corrected chi connectivity index (χ2v) is 11.0. The van der Waals surface area contributed by atoms with Crippen molar-refractivity contribution >= 4 is 17.6 Å². The molecule has 0 aliphatic heterocycles. The fourth-order valence-corrected chi connectivity index (χ4v) is 5.11. The van der Waals surface area contributed by atoms with Crippen molar-refractivity contribution in [3.05, 3.63) is 0 Å². The van der Waals surface area contributed by atoms with Crippen LogP contribution < -0.4 is 0 Å². The van der Waals surface area contributed by atoms with Crippen LogP contribution in [0.5, 0.6) is 0 Å². The Hall–Kier alpha value is -0.226. The summed E-state index contributed by atoms with van der Waals surface area (Å²) in [6.45, 7) is 0. The third-order valence-corrected chi connectivity index (χ3v) is 8.75. The lowest BCUT2D eigenvalue weighted by Gasteiger charge is -2.24. The predicted octanol–water partition coefficient (Wildman–Crippen LogP) is 3.63. The Labute approximate surface area is 151 Å². The summed E-state index contributed by atoms with van der Waals surface area (Å²) < 4.78 is 100. The first-order valence-electron chi connectivity index (χ1n) is 7.22. The summed E-state index contributed by atoms with van der Waals surface area (Å²) in [6.07, 6.45) is -10.3. The number of hydrogen-bond donors (Lipinski definition) is 0. The highest BCUT2D eigenvalue weighted by atomic mass is 28.4. The number of hydrogen-bond acceptors (Lipinski definition) is 6. The normalized spacial score (nSPS) is 13.4. The standard InChI is InChI=1S/2C6H13F3O3Si/c2*1-10-13(11-2,12-3)5-4-6(7,8)9/h2*4-5H2,1-3H3. The van der Waals surface area contributed by atoms with E-state index in [0.717, 1.165) is 0 Å². The number of rotatable bonds is 10. The van der Waals surface area contributed by atoms with E-state index in [0.29, 0.717) is 0 Å². The Kier molecular flexibility index (Phi) is 13.2. The summed E-state index contributed by atoms with van der Waals surface area (Å²) in [6, 6.07) is -0.500. The summed E-state index contributed by atoms with van der Waals surface area (Å²) in [5.41, 5.74) is 0. The van der Waals surface area contributed by atoms with E-state index in [1.54, 1.807) is 0 Å². The maximum atomic E-state index is 11.9. The van der Waals surface area contributed by atoms with Gasteiger partial charge in [0.05, 0.1) is 0 Å². The smallest absolute Gasteiger partial charge is 0.377 e. The van der Waals surface area contributed by atoms with Crippen molar-refractivity contribution < 1.29 is 52.9 Å². The van der Waals surface area contributed by atoms with Gasteiger partial charge in [-0.25, -0.2) is 0 Å². The highest BCUT2D eigenvalue weighted by molar-refractivity contribution is 6.60. The van der Waals surface area contributed by atoms with Crippen LogP contribution in [0, 0.1) is 0 Å². The van der Waals surface area contributed by atoms with Gasteiger partial charge in [0.2, 0.25) is 0 Å². The molecular formula is C12H26F6O6Si2. The van der Waals surface area contributed by atoms with Gasteiger partial charge in [-0.15, -0.1) is 0 Å². The van der Waals surface area contributed by atoms with Crippen molar-refractivity contribution in [3.8, 4) is 0 Å². The Balaban J connectivity index is 0. The molecule has 0 spiro atoms. The minimum Gasteiger partial charge on any atom is -0.377 e. The van der Waals surface area contributed by atoms with Gasteiger partial charge in [0.1, 0.15) is 0 Å². The molecule has 0 atom stereocenters. The number of halogens is 6. The zero-order valence-corrected chi connectivity index (χ0v) is 17.5. The lowest BCUT2D eigenvalue weighted by atomic mass is 10.5. The van der Waals surface area contributed by atoms with Gasteiger partial charge in [-0.05, 0) is 0 Å². The highest BCUT2D eigenvalue weighted by Gasteiger charge is 2.43. The van der Waals surface area contributed by atoms with E-state index in [9.17, 15) is 26.3 Å². The predicted molar refractivity (Wildman–Crippen MR) is 84.5 cm³/mol. The first-order valence-corrected chi connectivity index (χ1v) is 11.1. The minimum atomic E-state index is -4.20. The summed E-state index contributed by atoms with van der Waals surface area (Å²) >= 11 is 0. The van der Waals surface area contributed by atoms with Crippen LogP contribution in [-0.2, 0) is 26.6 Å². The van der Waals surface area contributed by atoms with E-state index in [4.69, 9.17) is 26.6 Å². The van der Waals surface area contributed by atoms with E-state index >= 15 is 0 Å². The molecule has 0 bridgehead atoms. The molecule has 0 aromatic carbocycles. The molecule has 0 rings (SSSR count). The molecule has 0 aliphatic carbocycles. The van der Waals surface area contributed by atoms with Crippen LogP contribution in [0.2, 0.25) is 12.1 Å². The van der Waals surface area contributed by atoms with Crippen LogP contribution in [0.15, 0.2) is 0 Å². The molecule has 0 fully saturated rings. The van der Waals surface area contributed by atoms with Crippen LogP contribution in [0.4, 0.5) is 26.3 Å². The van der Waals surface area contributed by atoms with Gasteiger partial charge in [0, 0.05) is 67.6 Å². The maximum Gasteiger partial charge on any atom is 0.500 e. The third kappa shape index (κ3) is 12.2. The largest absolute Gasteiger partial charge is 0.500 e. The monoisotopic (exact) mass is 436 g/mol. The van der Waals surface area contributed by atoms with E-state index in [1.807, 2.05) is 0 Å². The second-order valence-electron chi connectivity index (χ2n) is 4.82. The molecule has 0 heterocycles. The summed E-state index contributed by atoms with van der Waals surface area (Å²) in [5.74, 6) is 0. The summed E-state index contributed by atoms with van der Waals surface area (Å²) in [5, 5.41) is 0. The molecule has 0 saturated carbocycles. The molecule has 0 radical (unpaired) electrons. The molecular weight excluding hydrogens is 410 g/mol. The van der Waals surface area contributed by atoms with Gasteiger partial charge in [-0.2, -0.15) is 26.3 Å². The maximum absolute atomic E-state index is 11.9. The van der Waals surface area contributed by atoms with E-state index in [1.165, 1.54) is 42.7 Å². The van der Waals surface area contributed by atoms with Gasteiger partial charge in [-0.1, -0.05) is 0 Å². The second kappa shape index (κ2) is 12.3. The summed E-state index contributed by atoms with van der Waals surface area (Å²) in [4.78, 5) is 0. The van der Waals surface area contributed by atoms with Crippen LogP contribution >= 0.6 is 0 Å². The van der Waals surface area contributed by atoms with Gasteiger partial charge >= 0.3 is 30.0 Å². The Morgan fingerprint density at radius 2 is 0.692 bits per heavy atom. The lowest BCUT2D eigenvalue weighted by Crippen LogP contribution is -2.43. The zero-order chi connectivity index (χ0) is 21.1. The van der Waals surface area contributed by atoms with E-state index in [2.05, 4.69) is 0 Å². The zero-order valence-electron chi connectivity index (χ0n) is 15.5. The average molecular weight is 436 g/mol. The van der Waals surface area contributed by atoms with Gasteiger partial charge in [0.15, 0.2) is 0 Å². The van der Waals surface area contributed by atoms with Crippen LogP contribution in [-0.4, -0.2) is 72.6 Å². The molecule has 160 valence electrons. The Morgan fingerprint density at radius 1 is 0.500 bits per heavy atom. The molecule has 0 N–H and O–H groups in total. The third-order valence-electron chi connectivity index (χ3n) is 3.30. The highest BCUT2D eigenvalue weighted by Crippen LogP contribution is 2.27. The van der Waals surface area contributed by atoms with Crippen LogP contribution in [0.1, 0.15) is 12.8 Å². The molecule has 6 nitrogen and oxygen atoms in total. The van der Waals surface area contributed by atoms with Crippen molar-refractivity contribution in [2.24, 2.45) is 0 Å². The van der Waals surface area contributed by atoms with Gasteiger partial charge in [-0.3, -0.25) is 0 Å². The fourth-order valence-electron chi connectivity index (χ4n) is 1.70. The number of alkyl halides is 6. The van der Waals surface area contributed by atoms with Crippen LogP contribution in [0.25, 0.3) is 0 Å². The molecule has 26 heavy (non-hydrogen) atoms. The van der Waals surface area contributed by atoms with Crippen LogP contribution in [0.3, 0.4) is 0 Å². The SMILES string of the molecule is CO[Si](CCC(F)(F)F)(OC)OC.CO[Si](CCC(F)(F)F)(OC)OC. The molecule has 0 aromatic heterocycles. The Bertz CT molecular complexity index is 311. The molecule has 0 aliphatic rings. The quantitative estimate of drug-likeness (QED) is 0.385. The summed E-state index contributed by atoms with van der Waals surface area (Å²) in [7, 11) is 1.63. The van der Waals surface area contributed by atoms with Crippen molar-refractivity contribution in [3.63, 3.8) is 0 Å². The van der Waals surface area contributed by atoms with Gasteiger partial charge in [0.25, 0.3) is 0 Å². The lowest BCUT2D eigenvalue weighted by molar-refractivity contribution is -0.133. The minimum absolute atomic E-state index is 0.250. The molecule has 0 saturated heterocycles. The van der Waals surface area contributed by atoms with E-state index < -0.39 is 42.8 Å². The van der Waals surface area contributed by atoms with Crippen molar-refractivity contribution in [1.29, 1.82) is 0 Å². The average Bonchev–Trinajstić information content (AvgIpc) is 2.57. The first kappa shape index (κ1) is 28.0. The Morgan fingerprint density at radius 3 is 0.808 bits per heavy atom. The van der Waals surface area contributed by atoms with Crippen molar-refractivity contribution in [2.75, 3.05) is 42.7 Å². The molecule has 0 unspecified atom stereocenters. The molecule has 0 amide bonds. The van der Waals surface area contributed by atoms with Crippen molar-refractivity contribution in [2.45, 2.75) is 37.3 Å². The van der Waals surface area contributed by atoms with Gasteiger partial charge < -0.3 is 26.6 Å². The van der Waals surface area contributed by atoms with E-state index in [-0.39, 0.29) is 12.1 Å². The van der Waals surface area contributed by atoms with Crippen molar-refractivity contribution in [1.82, 2.24) is 0 Å². The first-order chi connectivity index (χ1) is 11.8.